The summed E-state index contributed by atoms with van der Waals surface area (Å²) in [5.41, 5.74) is 0.477. The average molecular weight is 220 g/mol. The van der Waals surface area contributed by atoms with E-state index in [1.165, 1.54) is 51.7 Å². The third-order valence-corrected chi connectivity index (χ3v) is 4.22. The highest BCUT2D eigenvalue weighted by molar-refractivity contribution is 4.98. The third kappa shape index (κ3) is 2.59. The molecule has 0 atom stereocenters. The molecule has 2 nitrogen and oxygen atoms in total. The molecule has 0 aromatic heterocycles. The van der Waals surface area contributed by atoms with Gasteiger partial charge in [0.1, 0.15) is 0 Å². The summed E-state index contributed by atoms with van der Waals surface area (Å²) in [6.45, 7) is 4.76. The topological polar surface area (TPSA) is 15.3 Å². The van der Waals surface area contributed by atoms with Gasteiger partial charge in [-0.2, -0.15) is 0 Å². The largest absolute Gasteiger partial charge is 0.314 e. The van der Waals surface area contributed by atoms with Crippen molar-refractivity contribution in [3.05, 3.63) is 0 Å². The quantitative estimate of drug-likeness (QED) is 0.578. The second-order valence-electron chi connectivity index (χ2n) is 5.26. The van der Waals surface area contributed by atoms with Crippen LogP contribution in [0.5, 0.6) is 0 Å². The van der Waals surface area contributed by atoms with E-state index < -0.39 is 0 Å². The Balaban J connectivity index is 1.93. The molecule has 0 radical (unpaired) electrons. The second-order valence-corrected chi connectivity index (χ2v) is 5.26. The average Bonchev–Trinajstić information content (AvgIpc) is 2.33. The lowest BCUT2D eigenvalue weighted by atomic mass is 9.79. The molecule has 1 N–H and O–H groups in total. The molecular weight excluding hydrogens is 196 g/mol. The summed E-state index contributed by atoms with van der Waals surface area (Å²) in [6, 6.07) is 0. The van der Waals surface area contributed by atoms with E-state index in [1.807, 2.05) is 0 Å². The van der Waals surface area contributed by atoms with Crippen LogP contribution >= 0.6 is 0 Å². The second kappa shape index (κ2) is 5.70. The summed E-state index contributed by atoms with van der Waals surface area (Å²) in [6.07, 6.45) is 14.4. The fourth-order valence-corrected chi connectivity index (χ4v) is 3.31. The van der Waals surface area contributed by atoms with Gasteiger partial charge in [0.05, 0.1) is 0 Å². The summed E-state index contributed by atoms with van der Waals surface area (Å²) in [5, 5.41) is 3.58. The van der Waals surface area contributed by atoms with Crippen molar-refractivity contribution in [1.82, 2.24) is 10.2 Å². The summed E-state index contributed by atoms with van der Waals surface area (Å²) >= 11 is 0. The Morgan fingerprint density at radius 2 is 2.06 bits per heavy atom. The number of hydrogen-bond donors (Lipinski definition) is 1. The number of terminal acetylenes is 1. The highest BCUT2D eigenvalue weighted by Gasteiger charge is 2.38. The molecule has 2 aliphatic rings. The van der Waals surface area contributed by atoms with Crippen molar-refractivity contribution in [1.29, 1.82) is 0 Å². The fraction of sp³-hybridized carbons (Fsp3) is 0.857. The lowest BCUT2D eigenvalue weighted by Crippen LogP contribution is -2.62. The molecule has 0 aromatic carbocycles. The number of rotatable bonds is 3. The summed E-state index contributed by atoms with van der Waals surface area (Å²) in [5.74, 6) is 2.76. The van der Waals surface area contributed by atoms with Crippen LogP contribution in [0.3, 0.4) is 0 Å². The molecule has 1 heterocycles. The van der Waals surface area contributed by atoms with Crippen LogP contribution in [0, 0.1) is 12.3 Å². The van der Waals surface area contributed by atoms with Gasteiger partial charge in [-0.3, -0.25) is 4.90 Å². The molecular formula is C14H24N2. The van der Waals surface area contributed by atoms with Gasteiger partial charge in [0.15, 0.2) is 0 Å². The van der Waals surface area contributed by atoms with E-state index in [9.17, 15) is 0 Å². The molecule has 1 aliphatic carbocycles. The van der Waals surface area contributed by atoms with Crippen LogP contribution in [0.25, 0.3) is 0 Å². The zero-order chi connectivity index (χ0) is 11.3. The zero-order valence-corrected chi connectivity index (χ0v) is 10.3. The van der Waals surface area contributed by atoms with Gasteiger partial charge in [0.2, 0.25) is 0 Å². The van der Waals surface area contributed by atoms with E-state index in [0.29, 0.717) is 5.54 Å². The first-order chi connectivity index (χ1) is 7.87. The van der Waals surface area contributed by atoms with Crippen LogP contribution in [-0.2, 0) is 0 Å². The molecule has 16 heavy (non-hydrogen) atoms. The van der Waals surface area contributed by atoms with Crippen LogP contribution in [0.15, 0.2) is 0 Å². The first-order valence-corrected chi connectivity index (χ1v) is 6.77. The van der Waals surface area contributed by atoms with Gasteiger partial charge in [-0.25, -0.2) is 0 Å². The van der Waals surface area contributed by atoms with E-state index in [2.05, 4.69) is 16.1 Å². The minimum Gasteiger partial charge on any atom is -0.314 e. The monoisotopic (exact) mass is 220 g/mol. The predicted octanol–water partition coefficient (Wildman–Crippen LogP) is 2.01. The molecule has 0 unspecified atom stereocenters. The number of nitrogens with zero attached hydrogens (tertiary/aromatic N) is 1. The normalized spacial score (nSPS) is 25.4. The molecule has 1 saturated carbocycles. The van der Waals surface area contributed by atoms with Gasteiger partial charge < -0.3 is 5.32 Å². The number of unbranched alkanes of at least 4 members (excludes halogenated alkanes) is 1. The van der Waals surface area contributed by atoms with Crippen molar-refractivity contribution in [2.45, 2.75) is 50.5 Å². The standard InChI is InChI=1S/C14H24N2/c1-2-3-7-11-16-12-10-15-13-14(16)8-5-4-6-9-14/h1,15H,3-13H2. The Morgan fingerprint density at radius 1 is 1.25 bits per heavy atom. The van der Waals surface area contributed by atoms with Crippen LogP contribution in [-0.4, -0.2) is 36.6 Å². The van der Waals surface area contributed by atoms with Crippen molar-refractivity contribution >= 4 is 0 Å². The van der Waals surface area contributed by atoms with Crippen LogP contribution < -0.4 is 5.32 Å². The lowest BCUT2D eigenvalue weighted by Gasteiger charge is -2.50. The molecule has 0 aromatic rings. The van der Waals surface area contributed by atoms with Crippen LogP contribution in [0.4, 0.5) is 0 Å². The van der Waals surface area contributed by atoms with Crippen LogP contribution in [0.1, 0.15) is 44.9 Å². The fourth-order valence-electron chi connectivity index (χ4n) is 3.31. The molecule has 0 amide bonds. The summed E-state index contributed by atoms with van der Waals surface area (Å²) < 4.78 is 0. The highest BCUT2D eigenvalue weighted by Crippen LogP contribution is 2.34. The van der Waals surface area contributed by atoms with Gasteiger partial charge in [-0.05, 0) is 25.8 Å². The number of hydrogen-bond acceptors (Lipinski definition) is 2. The Labute approximate surface area is 99.8 Å². The van der Waals surface area contributed by atoms with E-state index in [0.717, 1.165) is 19.4 Å². The Kier molecular flexibility index (Phi) is 4.26. The van der Waals surface area contributed by atoms with Crippen molar-refractivity contribution in [2.24, 2.45) is 0 Å². The molecule has 2 rings (SSSR count). The van der Waals surface area contributed by atoms with Crippen molar-refractivity contribution in [3.63, 3.8) is 0 Å². The van der Waals surface area contributed by atoms with Gasteiger partial charge in [0.25, 0.3) is 0 Å². The Bertz CT molecular complexity index is 240. The summed E-state index contributed by atoms with van der Waals surface area (Å²) in [4.78, 5) is 2.72. The first-order valence-electron chi connectivity index (χ1n) is 6.77. The smallest absolute Gasteiger partial charge is 0.0334 e. The van der Waals surface area contributed by atoms with Crippen molar-refractivity contribution < 1.29 is 0 Å². The maximum Gasteiger partial charge on any atom is 0.0334 e. The Hall–Kier alpha value is -0.520. The number of nitrogens with one attached hydrogen (secondary N) is 1. The van der Waals surface area contributed by atoms with Gasteiger partial charge in [-0.1, -0.05) is 19.3 Å². The molecule has 2 fully saturated rings. The van der Waals surface area contributed by atoms with E-state index in [4.69, 9.17) is 6.42 Å². The van der Waals surface area contributed by atoms with E-state index >= 15 is 0 Å². The third-order valence-electron chi connectivity index (χ3n) is 4.22. The maximum atomic E-state index is 5.33. The van der Waals surface area contributed by atoms with Crippen molar-refractivity contribution in [2.75, 3.05) is 26.2 Å². The van der Waals surface area contributed by atoms with E-state index in [-0.39, 0.29) is 0 Å². The zero-order valence-electron chi connectivity index (χ0n) is 10.3. The first kappa shape index (κ1) is 12.0. The SMILES string of the molecule is C#CCCCN1CCNCC12CCCCC2. The molecule has 90 valence electrons. The van der Waals surface area contributed by atoms with E-state index in [1.54, 1.807) is 0 Å². The van der Waals surface area contributed by atoms with Gasteiger partial charge in [-0.15, -0.1) is 12.3 Å². The summed E-state index contributed by atoms with van der Waals surface area (Å²) in [7, 11) is 0. The van der Waals surface area contributed by atoms with Gasteiger partial charge in [0, 0.05) is 31.6 Å². The molecule has 1 aliphatic heterocycles. The molecule has 2 heteroatoms. The highest BCUT2D eigenvalue weighted by atomic mass is 15.3. The number of piperazine rings is 1. The molecule has 1 spiro atoms. The lowest BCUT2D eigenvalue weighted by molar-refractivity contribution is 0.0271. The molecule has 0 bridgehead atoms. The minimum atomic E-state index is 0.477. The van der Waals surface area contributed by atoms with Crippen molar-refractivity contribution in [3.8, 4) is 12.3 Å². The van der Waals surface area contributed by atoms with Crippen LogP contribution in [0.2, 0.25) is 0 Å². The minimum absolute atomic E-state index is 0.477. The Morgan fingerprint density at radius 3 is 2.81 bits per heavy atom. The predicted molar refractivity (Wildman–Crippen MR) is 68.3 cm³/mol. The maximum absolute atomic E-state index is 5.33. The van der Waals surface area contributed by atoms with Gasteiger partial charge >= 0.3 is 0 Å². The molecule has 1 saturated heterocycles.